The lowest BCUT2D eigenvalue weighted by Crippen LogP contribution is -2.60. The number of pyridine rings is 2. The number of nitrogens with one attached hydrogen (secondary N) is 3. The van der Waals surface area contributed by atoms with Crippen LogP contribution in [-0.2, 0) is 20.3 Å². The Morgan fingerprint density at radius 3 is 2.58 bits per heavy atom. The molecule has 3 saturated carbocycles. The van der Waals surface area contributed by atoms with Crippen molar-refractivity contribution in [2.45, 2.75) is 92.9 Å². The van der Waals surface area contributed by atoms with E-state index >= 15 is 0 Å². The van der Waals surface area contributed by atoms with Gasteiger partial charge in [-0.3, -0.25) is 19.8 Å². The minimum Gasteiger partial charge on any atom is -0.455 e. The Morgan fingerprint density at radius 1 is 1.03 bits per heavy atom. The fourth-order valence-corrected chi connectivity index (χ4v) is 12.3. The van der Waals surface area contributed by atoms with Crippen LogP contribution in [0.2, 0.25) is 0 Å². The number of aromatic nitrogens is 3. The maximum Gasteiger partial charge on any atom is 0.312 e. The second-order valence-corrected chi connectivity index (χ2v) is 21.2. The van der Waals surface area contributed by atoms with E-state index in [-0.39, 0.29) is 40.1 Å². The molecule has 4 N–H and O–H groups in total. The van der Waals surface area contributed by atoms with E-state index in [1.54, 1.807) is 37.4 Å². The van der Waals surface area contributed by atoms with Gasteiger partial charge in [-0.05, 0) is 106 Å². The fraction of sp³-hybridized carbons (Fsp3) is 0.457. The summed E-state index contributed by atoms with van der Waals surface area (Å²) in [5.74, 6) is -0.414. The van der Waals surface area contributed by atoms with Gasteiger partial charge >= 0.3 is 5.69 Å². The van der Waals surface area contributed by atoms with Crippen molar-refractivity contribution in [2.24, 2.45) is 11.3 Å². The van der Waals surface area contributed by atoms with Crippen LogP contribution in [-0.4, -0.2) is 94.7 Å². The Labute approximate surface area is 379 Å². The lowest BCUT2D eigenvalue weighted by Gasteiger charge is -2.58. The van der Waals surface area contributed by atoms with Crippen molar-refractivity contribution in [1.29, 1.82) is 0 Å². The first kappa shape index (κ1) is 42.8. The van der Waals surface area contributed by atoms with Crippen molar-refractivity contribution in [3.05, 3.63) is 105 Å². The molecule has 16 nitrogen and oxygen atoms in total. The van der Waals surface area contributed by atoms with E-state index in [1.165, 1.54) is 11.8 Å². The van der Waals surface area contributed by atoms with Gasteiger partial charge in [0, 0.05) is 72.5 Å². The molecule has 2 aromatic carbocycles. The summed E-state index contributed by atoms with van der Waals surface area (Å²) < 4.78 is 43.2. The van der Waals surface area contributed by atoms with Crippen molar-refractivity contribution in [3.8, 4) is 11.5 Å². The number of fused-ring (bicyclic) bond motifs is 2. The van der Waals surface area contributed by atoms with Gasteiger partial charge in [-0.1, -0.05) is 34.1 Å². The number of benzene rings is 2. The van der Waals surface area contributed by atoms with Gasteiger partial charge in [0.05, 0.1) is 46.7 Å². The predicted molar refractivity (Wildman–Crippen MR) is 243 cm³/mol. The Kier molecular flexibility index (Phi) is 11.0. The molecule has 2 saturated heterocycles. The number of nitro groups is 1. The lowest BCUT2D eigenvalue weighted by atomic mass is 9.59. The molecule has 5 aliphatic rings. The van der Waals surface area contributed by atoms with E-state index in [0.717, 1.165) is 99.0 Å². The largest absolute Gasteiger partial charge is 0.455 e. The zero-order chi connectivity index (χ0) is 44.4. The van der Waals surface area contributed by atoms with Crippen LogP contribution in [0.15, 0.2) is 88.6 Å². The third-order valence-electron chi connectivity index (χ3n) is 14.5. The van der Waals surface area contributed by atoms with Crippen LogP contribution in [0.1, 0.15) is 80.6 Å². The van der Waals surface area contributed by atoms with Crippen LogP contribution in [0.3, 0.4) is 0 Å². The summed E-state index contributed by atoms with van der Waals surface area (Å²) in [5, 5.41) is 26.2. The number of hydrogen-bond donors (Lipinski definition) is 4. The molecule has 2 atom stereocenters. The summed E-state index contributed by atoms with van der Waals surface area (Å²) >= 11 is 3.82. The number of amides is 1. The summed E-state index contributed by atoms with van der Waals surface area (Å²) in [6.45, 7) is 5.47. The van der Waals surface area contributed by atoms with Crippen molar-refractivity contribution in [3.63, 3.8) is 0 Å². The quantitative estimate of drug-likeness (QED) is 0.0702. The Bertz CT molecular complexity index is 2720. The van der Waals surface area contributed by atoms with Crippen molar-refractivity contribution < 1.29 is 32.7 Å². The van der Waals surface area contributed by atoms with Crippen LogP contribution in [0, 0.1) is 21.4 Å². The first-order valence-corrected chi connectivity index (χ1v) is 24.3. The van der Waals surface area contributed by atoms with E-state index in [4.69, 9.17) is 9.47 Å². The molecule has 0 radical (unpaired) electrons. The van der Waals surface area contributed by atoms with Crippen LogP contribution in [0.4, 0.5) is 17.2 Å². The summed E-state index contributed by atoms with van der Waals surface area (Å²) in [4.78, 5) is 41.4. The molecule has 10 rings (SSSR count). The second kappa shape index (κ2) is 16.4. The van der Waals surface area contributed by atoms with Crippen molar-refractivity contribution in [2.75, 3.05) is 43.0 Å². The zero-order valence-corrected chi connectivity index (χ0v) is 37.9. The molecule has 5 heterocycles. The standard InChI is InChI=1S/C46H51BrN8O8S/c1-44(57)11-8-29(9-12-44)26-49-42-38(55(58)59)22-34(28-51-42)64(60,61)52-43(56)35-7-6-31(21-39(35)63-33-20-30-10-15-48-41(30)50-27-33)53-16-13-45(14-17-53)23-32(24-45)54-18-19-62-40-25-46(40,54)36-4-2-3-5-37(36)47/h2-7,10,15,20-22,27-29,32,40,57H,8-9,11-14,16-19,23-26H2,1H3,(H,48,50)(H,49,51)(H,52,56)/t29?,40?,44?,46-/m1/s1. The molecule has 5 aromatic rings. The Hall–Kier alpha value is -5.14. The topological polar surface area (TPSA) is 205 Å². The smallest absolute Gasteiger partial charge is 0.312 e. The van der Waals surface area contributed by atoms with E-state index < -0.39 is 37.0 Å². The number of hydrogen-bond acceptors (Lipinski definition) is 13. The van der Waals surface area contributed by atoms with Crippen molar-refractivity contribution in [1.82, 2.24) is 24.6 Å². The van der Waals surface area contributed by atoms with Gasteiger partial charge in [-0.25, -0.2) is 23.1 Å². The van der Waals surface area contributed by atoms with Gasteiger partial charge in [-0.2, -0.15) is 0 Å². The third-order valence-corrected chi connectivity index (χ3v) is 16.5. The Morgan fingerprint density at radius 2 is 1.81 bits per heavy atom. The highest BCUT2D eigenvalue weighted by molar-refractivity contribution is 9.10. The molecule has 1 amide bonds. The first-order chi connectivity index (χ1) is 30.7. The highest BCUT2D eigenvalue weighted by Gasteiger charge is 2.66. The number of ether oxygens (including phenoxy) is 2. The van der Waals surface area contributed by atoms with Gasteiger partial charge in [-0.15, -0.1) is 0 Å². The number of nitrogens with zero attached hydrogens (tertiary/aromatic N) is 5. The van der Waals surface area contributed by atoms with Crippen LogP contribution < -0.4 is 19.7 Å². The molecule has 1 spiro atoms. The molecule has 5 fully saturated rings. The van der Waals surface area contributed by atoms with Crippen molar-refractivity contribution >= 4 is 60.1 Å². The number of carbonyl (C=O) groups is 1. The molecule has 64 heavy (non-hydrogen) atoms. The number of aliphatic hydroxyl groups is 1. The van der Waals surface area contributed by atoms with Gasteiger partial charge in [0.15, 0.2) is 0 Å². The number of piperidine rings is 1. The Balaban J connectivity index is 0.843. The molecule has 336 valence electrons. The van der Waals surface area contributed by atoms with E-state index in [1.807, 2.05) is 6.07 Å². The number of aromatic amines is 1. The van der Waals surface area contributed by atoms with Crippen LogP contribution >= 0.6 is 15.9 Å². The SMILES string of the molecule is CC1(O)CCC(CNc2ncc(S(=O)(=O)NC(=O)c3ccc(N4CCC5(CC4)CC(N4CCOC6C[C@@]64c4ccccc4Br)C5)cc3Oc3cnc4[nH]ccc4c3)cc2[N+](=O)[O-])CC1. The fourth-order valence-electron chi connectivity index (χ4n) is 10.7. The number of sulfonamides is 1. The molecule has 18 heteroatoms. The number of halogens is 1. The van der Waals surface area contributed by atoms with Crippen LogP contribution in [0.5, 0.6) is 11.5 Å². The number of morpholine rings is 1. The molecule has 2 aliphatic heterocycles. The summed E-state index contributed by atoms with van der Waals surface area (Å²) in [6, 6.07) is 18.6. The van der Waals surface area contributed by atoms with Gasteiger partial charge < -0.3 is 29.8 Å². The number of carbonyl (C=O) groups excluding carboxylic acids is 1. The number of anilines is 2. The minimum atomic E-state index is -4.63. The van der Waals surface area contributed by atoms with Gasteiger partial charge in [0.1, 0.15) is 22.0 Å². The lowest BCUT2D eigenvalue weighted by molar-refractivity contribution is -0.384. The highest BCUT2D eigenvalue weighted by Crippen LogP contribution is 2.62. The van der Waals surface area contributed by atoms with E-state index in [9.17, 15) is 28.4 Å². The summed E-state index contributed by atoms with van der Waals surface area (Å²) in [7, 11) is -4.63. The maximum atomic E-state index is 14.0. The minimum absolute atomic E-state index is 0.0492. The molecular formula is C46H51BrN8O8S. The van der Waals surface area contributed by atoms with E-state index in [0.29, 0.717) is 36.8 Å². The second-order valence-electron chi connectivity index (χ2n) is 18.6. The van der Waals surface area contributed by atoms with Crippen LogP contribution in [0.25, 0.3) is 11.0 Å². The van der Waals surface area contributed by atoms with E-state index in [2.05, 4.69) is 75.0 Å². The highest BCUT2D eigenvalue weighted by atomic mass is 79.9. The average Bonchev–Trinajstić information content (AvgIpc) is 3.84. The summed E-state index contributed by atoms with van der Waals surface area (Å²) in [6.07, 6.45) is 12.5. The monoisotopic (exact) mass is 954 g/mol. The molecule has 1 unspecified atom stereocenters. The predicted octanol–water partition coefficient (Wildman–Crippen LogP) is 7.64. The first-order valence-electron chi connectivity index (χ1n) is 22.0. The summed E-state index contributed by atoms with van der Waals surface area (Å²) in [5.41, 5.74) is 1.68. The molecule has 3 aliphatic carbocycles. The molecule has 0 bridgehead atoms. The maximum absolute atomic E-state index is 14.0. The normalized spacial score (nSPS) is 25.6. The van der Waals surface area contributed by atoms with Gasteiger partial charge in [0.25, 0.3) is 15.9 Å². The number of rotatable bonds is 12. The number of H-pyrrole nitrogens is 1. The third kappa shape index (κ3) is 8.12. The zero-order valence-electron chi connectivity index (χ0n) is 35.5. The van der Waals surface area contributed by atoms with Gasteiger partial charge in [0.2, 0.25) is 5.82 Å². The average molecular weight is 956 g/mol. The molecular weight excluding hydrogens is 905 g/mol. The molecule has 3 aromatic heterocycles.